The molecule has 180 valence electrons. The monoisotopic (exact) mass is 453 g/mol. The smallest absolute Gasteiger partial charge is 0.236 e. The summed E-state index contributed by atoms with van der Waals surface area (Å²) in [6.07, 6.45) is 10.0. The molecule has 1 aromatic heterocycles. The molecule has 1 saturated carbocycles. The summed E-state index contributed by atoms with van der Waals surface area (Å²) in [7, 11) is 3.67. The van der Waals surface area contributed by atoms with Gasteiger partial charge in [0.1, 0.15) is 5.75 Å². The number of nitrogens with zero attached hydrogens (tertiary/aromatic N) is 5. The molecule has 2 aliphatic rings. The Bertz CT molecular complexity index is 868. The van der Waals surface area contributed by atoms with Gasteiger partial charge in [0.15, 0.2) is 0 Å². The first kappa shape index (κ1) is 23.5. The molecule has 8 heteroatoms. The number of anilines is 4. The van der Waals surface area contributed by atoms with Crippen LogP contribution in [0.2, 0.25) is 0 Å². The number of ether oxygens (including phenoxy) is 1. The zero-order chi connectivity index (χ0) is 23.0. The summed E-state index contributed by atoms with van der Waals surface area (Å²) in [5.74, 6) is 2.76. The standard InChI is InChI=1S/C25H39N7O/c1-4-32-17-9-12-21(32)18-26-23-28-24(27-19-10-7-5-6-8-11-19)30-25(29-23)31(2)20-13-15-22(33-3)16-14-20/h13-16,19,21H,4-12,17-18H2,1-3H3,(H2,26,27,28,29,30). The molecular weight excluding hydrogens is 414 g/mol. The summed E-state index contributed by atoms with van der Waals surface area (Å²) in [4.78, 5) is 18.9. The first-order valence-electron chi connectivity index (χ1n) is 12.5. The van der Waals surface area contributed by atoms with Crippen molar-refractivity contribution in [3.8, 4) is 5.75 Å². The SMILES string of the molecule is CCN1CCCC1CNc1nc(NC2CCCCCC2)nc(N(C)c2ccc(OC)cc2)n1. The molecule has 4 rings (SSSR count). The van der Waals surface area contributed by atoms with Crippen LogP contribution in [0.1, 0.15) is 58.3 Å². The second kappa shape index (κ2) is 11.5. The third-order valence-electron chi connectivity index (χ3n) is 6.97. The number of aromatic nitrogens is 3. The van der Waals surface area contributed by atoms with Crippen LogP contribution in [0.5, 0.6) is 5.75 Å². The zero-order valence-electron chi connectivity index (χ0n) is 20.4. The molecule has 0 spiro atoms. The highest BCUT2D eigenvalue weighted by molar-refractivity contribution is 5.59. The second-order valence-corrected chi connectivity index (χ2v) is 9.18. The minimum Gasteiger partial charge on any atom is -0.497 e. The van der Waals surface area contributed by atoms with Gasteiger partial charge in [-0.05, 0) is 63.0 Å². The molecule has 0 amide bonds. The van der Waals surface area contributed by atoms with Crippen LogP contribution in [0.25, 0.3) is 0 Å². The minimum atomic E-state index is 0.423. The highest BCUT2D eigenvalue weighted by Crippen LogP contribution is 2.26. The molecule has 1 aromatic carbocycles. The Morgan fingerprint density at radius 2 is 1.70 bits per heavy atom. The molecule has 1 aliphatic heterocycles. The lowest BCUT2D eigenvalue weighted by atomic mass is 10.1. The Labute approximate surface area is 198 Å². The van der Waals surface area contributed by atoms with Crippen LogP contribution in [0.4, 0.5) is 23.5 Å². The van der Waals surface area contributed by atoms with E-state index in [-0.39, 0.29) is 0 Å². The van der Waals surface area contributed by atoms with Gasteiger partial charge >= 0.3 is 0 Å². The van der Waals surface area contributed by atoms with E-state index in [1.54, 1.807) is 7.11 Å². The van der Waals surface area contributed by atoms with E-state index < -0.39 is 0 Å². The molecule has 1 aliphatic carbocycles. The van der Waals surface area contributed by atoms with Crippen LogP contribution in [0.15, 0.2) is 24.3 Å². The number of methoxy groups -OCH3 is 1. The molecule has 2 fully saturated rings. The first-order valence-corrected chi connectivity index (χ1v) is 12.5. The number of benzene rings is 1. The summed E-state index contributed by atoms with van der Waals surface area (Å²) in [5, 5.41) is 7.13. The number of likely N-dealkylation sites (N-methyl/N-ethyl adjacent to an activating group) is 1. The van der Waals surface area contributed by atoms with Gasteiger partial charge in [-0.15, -0.1) is 0 Å². The van der Waals surface area contributed by atoms with Crippen LogP contribution in [-0.4, -0.2) is 65.7 Å². The van der Waals surface area contributed by atoms with Gasteiger partial charge in [0.2, 0.25) is 17.8 Å². The van der Waals surface area contributed by atoms with Crippen LogP contribution in [0, 0.1) is 0 Å². The molecule has 2 heterocycles. The predicted molar refractivity (Wildman–Crippen MR) is 135 cm³/mol. The zero-order valence-corrected chi connectivity index (χ0v) is 20.4. The van der Waals surface area contributed by atoms with Crippen molar-refractivity contribution in [2.75, 3.05) is 49.3 Å². The van der Waals surface area contributed by atoms with Gasteiger partial charge in [-0.3, -0.25) is 4.90 Å². The summed E-state index contributed by atoms with van der Waals surface area (Å²) < 4.78 is 5.30. The van der Waals surface area contributed by atoms with Crippen LogP contribution in [-0.2, 0) is 0 Å². The van der Waals surface area contributed by atoms with E-state index in [2.05, 4.69) is 22.5 Å². The van der Waals surface area contributed by atoms with Crippen molar-refractivity contribution in [1.29, 1.82) is 0 Å². The Hall–Kier alpha value is -2.61. The second-order valence-electron chi connectivity index (χ2n) is 9.18. The Morgan fingerprint density at radius 3 is 2.39 bits per heavy atom. The molecular formula is C25H39N7O. The first-order chi connectivity index (χ1) is 16.2. The van der Waals surface area contributed by atoms with Gasteiger partial charge in [-0.25, -0.2) is 0 Å². The quantitative estimate of drug-likeness (QED) is 0.530. The molecule has 1 unspecified atom stereocenters. The lowest BCUT2D eigenvalue weighted by Gasteiger charge is -2.24. The van der Waals surface area contributed by atoms with Crippen LogP contribution >= 0.6 is 0 Å². The van der Waals surface area contributed by atoms with Gasteiger partial charge in [0.05, 0.1) is 7.11 Å². The van der Waals surface area contributed by atoms with Gasteiger partial charge in [-0.1, -0.05) is 32.6 Å². The van der Waals surface area contributed by atoms with E-state index in [0.29, 0.717) is 29.9 Å². The van der Waals surface area contributed by atoms with E-state index in [0.717, 1.165) is 24.5 Å². The summed E-state index contributed by atoms with van der Waals surface area (Å²) in [5.41, 5.74) is 1.00. The molecule has 2 N–H and O–H groups in total. The van der Waals surface area contributed by atoms with Crippen molar-refractivity contribution in [3.05, 3.63) is 24.3 Å². The van der Waals surface area contributed by atoms with Crippen molar-refractivity contribution in [1.82, 2.24) is 19.9 Å². The van der Waals surface area contributed by atoms with Crippen molar-refractivity contribution in [2.24, 2.45) is 0 Å². The van der Waals surface area contributed by atoms with Crippen molar-refractivity contribution in [2.45, 2.75) is 70.4 Å². The number of hydrogen-bond donors (Lipinski definition) is 2. The van der Waals surface area contributed by atoms with Gasteiger partial charge in [-0.2, -0.15) is 15.0 Å². The number of nitrogens with one attached hydrogen (secondary N) is 2. The summed E-state index contributed by atoms with van der Waals surface area (Å²) in [6, 6.07) is 8.91. The van der Waals surface area contributed by atoms with E-state index in [1.165, 1.54) is 57.9 Å². The third kappa shape index (κ3) is 6.25. The maximum Gasteiger partial charge on any atom is 0.236 e. The maximum atomic E-state index is 5.30. The van der Waals surface area contributed by atoms with E-state index in [4.69, 9.17) is 19.7 Å². The largest absolute Gasteiger partial charge is 0.497 e. The molecule has 0 bridgehead atoms. The van der Waals surface area contributed by atoms with Crippen LogP contribution in [0.3, 0.4) is 0 Å². The number of hydrogen-bond acceptors (Lipinski definition) is 8. The van der Waals surface area contributed by atoms with E-state index in [1.807, 2.05) is 36.2 Å². The average molecular weight is 454 g/mol. The maximum absolute atomic E-state index is 5.30. The minimum absolute atomic E-state index is 0.423. The van der Waals surface area contributed by atoms with Crippen molar-refractivity contribution in [3.63, 3.8) is 0 Å². The average Bonchev–Trinajstić information content (AvgIpc) is 3.16. The molecule has 1 saturated heterocycles. The molecule has 0 radical (unpaired) electrons. The number of rotatable bonds is 9. The number of likely N-dealkylation sites (tertiary alicyclic amines) is 1. The molecule has 8 nitrogen and oxygen atoms in total. The van der Waals surface area contributed by atoms with Crippen LogP contribution < -0.4 is 20.3 Å². The molecule has 2 aromatic rings. The Morgan fingerprint density at radius 1 is 0.970 bits per heavy atom. The highest BCUT2D eigenvalue weighted by atomic mass is 16.5. The third-order valence-corrected chi connectivity index (χ3v) is 6.97. The van der Waals surface area contributed by atoms with E-state index >= 15 is 0 Å². The van der Waals surface area contributed by atoms with E-state index in [9.17, 15) is 0 Å². The predicted octanol–water partition coefficient (Wildman–Crippen LogP) is 4.68. The fourth-order valence-corrected chi connectivity index (χ4v) is 4.94. The Balaban J connectivity index is 1.54. The molecule has 1 atom stereocenters. The van der Waals surface area contributed by atoms with Gasteiger partial charge in [0, 0.05) is 31.4 Å². The fraction of sp³-hybridized carbons (Fsp3) is 0.640. The lowest BCUT2D eigenvalue weighted by molar-refractivity contribution is 0.277. The topological polar surface area (TPSA) is 78.4 Å². The lowest BCUT2D eigenvalue weighted by Crippen LogP contribution is -2.35. The highest BCUT2D eigenvalue weighted by Gasteiger charge is 2.23. The normalized spacial score (nSPS) is 19.8. The van der Waals surface area contributed by atoms with Gasteiger partial charge in [0.25, 0.3) is 0 Å². The van der Waals surface area contributed by atoms with Crippen molar-refractivity contribution < 1.29 is 4.74 Å². The van der Waals surface area contributed by atoms with Gasteiger partial charge < -0.3 is 20.3 Å². The summed E-state index contributed by atoms with van der Waals surface area (Å²) in [6.45, 7) is 5.36. The van der Waals surface area contributed by atoms with Crippen molar-refractivity contribution >= 4 is 23.5 Å². The molecule has 33 heavy (non-hydrogen) atoms. The Kier molecular flexibility index (Phi) is 8.20. The summed E-state index contributed by atoms with van der Waals surface area (Å²) >= 11 is 0. The fourth-order valence-electron chi connectivity index (χ4n) is 4.94.